The van der Waals surface area contributed by atoms with Gasteiger partial charge in [-0.25, -0.2) is 9.59 Å². The summed E-state index contributed by atoms with van der Waals surface area (Å²) in [7, 11) is 1.51. The molecule has 0 unspecified atom stereocenters. The molecule has 0 aliphatic carbocycles. The molecule has 0 aliphatic heterocycles. The van der Waals surface area contributed by atoms with Crippen molar-refractivity contribution in [3.05, 3.63) is 53.1 Å². The Bertz CT molecular complexity index is 734. The summed E-state index contributed by atoms with van der Waals surface area (Å²) in [4.78, 5) is 23.2. The second kappa shape index (κ2) is 7.51. The van der Waals surface area contributed by atoms with Gasteiger partial charge in [0, 0.05) is 29.5 Å². The van der Waals surface area contributed by atoms with Gasteiger partial charge in [-0.2, -0.15) is 0 Å². The number of halogens is 1. The highest BCUT2D eigenvalue weighted by atomic mass is 35.5. The molecule has 0 atom stereocenters. The van der Waals surface area contributed by atoms with E-state index < -0.39 is 6.09 Å². The fourth-order valence-corrected chi connectivity index (χ4v) is 1.93. The zero-order valence-electron chi connectivity index (χ0n) is 12.6. The monoisotopic (exact) mass is 333 g/mol. The number of nitrogens with one attached hydrogen (secondary N) is 3. The van der Waals surface area contributed by atoms with E-state index in [1.165, 1.54) is 13.1 Å². The Morgan fingerprint density at radius 1 is 1.04 bits per heavy atom. The van der Waals surface area contributed by atoms with E-state index in [1.807, 2.05) is 6.92 Å². The SMILES string of the molecule is CNC(=O)Nc1cccc(OC(=O)Nc2ccc(C)c(Cl)c2)c1. The van der Waals surface area contributed by atoms with Gasteiger partial charge in [-0.3, -0.25) is 5.32 Å². The lowest BCUT2D eigenvalue weighted by molar-refractivity contribution is 0.215. The van der Waals surface area contributed by atoms with Crippen LogP contribution in [0, 0.1) is 6.92 Å². The van der Waals surface area contributed by atoms with E-state index in [9.17, 15) is 9.59 Å². The maximum atomic E-state index is 11.9. The van der Waals surface area contributed by atoms with E-state index in [4.69, 9.17) is 16.3 Å². The van der Waals surface area contributed by atoms with Gasteiger partial charge in [0.25, 0.3) is 0 Å². The third-order valence-corrected chi connectivity index (χ3v) is 3.35. The Morgan fingerprint density at radius 2 is 1.78 bits per heavy atom. The number of aryl methyl sites for hydroxylation is 1. The summed E-state index contributed by atoms with van der Waals surface area (Å²) in [5.41, 5.74) is 1.96. The molecule has 23 heavy (non-hydrogen) atoms. The zero-order valence-corrected chi connectivity index (χ0v) is 13.4. The Balaban J connectivity index is 2.00. The molecule has 3 amide bonds. The molecule has 0 aromatic heterocycles. The molecule has 0 fully saturated rings. The molecule has 2 aromatic carbocycles. The Hall–Kier alpha value is -2.73. The third kappa shape index (κ3) is 4.89. The van der Waals surface area contributed by atoms with Gasteiger partial charge >= 0.3 is 12.1 Å². The number of urea groups is 1. The minimum atomic E-state index is -0.651. The first-order valence-electron chi connectivity index (χ1n) is 6.81. The molecular weight excluding hydrogens is 318 g/mol. The predicted molar refractivity (Wildman–Crippen MR) is 90.4 cm³/mol. The molecule has 0 radical (unpaired) electrons. The average molecular weight is 334 g/mol. The molecule has 0 bridgehead atoms. The molecule has 2 rings (SSSR count). The quantitative estimate of drug-likeness (QED) is 0.794. The number of benzene rings is 2. The zero-order chi connectivity index (χ0) is 16.8. The molecular formula is C16H16ClN3O3. The minimum absolute atomic E-state index is 0.301. The van der Waals surface area contributed by atoms with Gasteiger partial charge in [-0.1, -0.05) is 23.7 Å². The number of carbonyl (C=O) groups excluding carboxylic acids is 2. The predicted octanol–water partition coefficient (Wildman–Crippen LogP) is 4.01. The van der Waals surface area contributed by atoms with Crippen molar-refractivity contribution in [3.8, 4) is 5.75 Å². The van der Waals surface area contributed by atoms with E-state index >= 15 is 0 Å². The minimum Gasteiger partial charge on any atom is -0.410 e. The van der Waals surface area contributed by atoms with Crippen LogP contribution in [0.4, 0.5) is 21.0 Å². The van der Waals surface area contributed by atoms with Crippen LogP contribution in [0.3, 0.4) is 0 Å². The second-order valence-electron chi connectivity index (χ2n) is 4.71. The second-order valence-corrected chi connectivity index (χ2v) is 5.12. The summed E-state index contributed by atoms with van der Waals surface area (Å²) >= 11 is 6.00. The molecule has 0 aliphatic rings. The van der Waals surface area contributed by atoms with Crippen molar-refractivity contribution in [2.75, 3.05) is 17.7 Å². The Morgan fingerprint density at radius 3 is 2.48 bits per heavy atom. The molecule has 0 spiro atoms. The Kier molecular flexibility index (Phi) is 5.43. The first kappa shape index (κ1) is 16.6. The molecule has 3 N–H and O–H groups in total. The molecule has 2 aromatic rings. The standard InChI is InChI=1S/C16H16ClN3O3/c1-10-6-7-12(9-14(10)17)20-16(22)23-13-5-3-4-11(8-13)19-15(21)18-2/h3-9H,1-2H3,(H,20,22)(H2,18,19,21). The number of rotatable bonds is 3. The van der Waals surface area contributed by atoms with Crippen LogP contribution < -0.4 is 20.7 Å². The lowest BCUT2D eigenvalue weighted by Crippen LogP contribution is -2.24. The van der Waals surface area contributed by atoms with Crippen molar-refractivity contribution in [3.63, 3.8) is 0 Å². The van der Waals surface area contributed by atoms with Gasteiger partial charge in [-0.15, -0.1) is 0 Å². The molecule has 7 heteroatoms. The molecule has 6 nitrogen and oxygen atoms in total. The van der Waals surface area contributed by atoms with Crippen molar-refractivity contribution >= 4 is 35.1 Å². The largest absolute Gasteiger partial charge is 0.417 e. The highest BCUT2D eigenvalue weighted by Gasteiger charge is 2.07. The van der Waals surface area contributed by atoms with Crippen LogP contribution in [0.15, 0.2) is 42.5 Å². The lowest BCUT2D eigenvalue weighted by atomic mass is 10.2. The summed E-state index contributed by atoms with van der Waals surface area (Å²) in [6.07, 6.45) is -0.651. The number of amides is 3. The van der Waals surface area contributed by atoms with Crippen LogP contribution in [0.1, 0.15) is 5.56 Å². The summed E-state index contributed by atoms with van der Waals surface area (Å²) in [5.74, 6) is 0.301. The van der Waals surface area contributed by atoms with Gasteiger partial charge in [0.15, 0.2) is 0 Å². The molecule has 0 saturated carbocycles. The smallest absolute Gasteiger partial charge is 0.410 e. The highest BCUT2D eigenvalue weighted by Crippen LogP contribution is 2.21. The summed E-state index contributed by atoms with van der Waals surface area (Å²) in [6.45, 7) is 1.87. The lowest BCUT2D eigenvalue weighted by Gasteiger charge is -2.09. The van der Waals surface area contributed by atoms with E-state index in [-0.39, 0.29) is 6.03 Å². The fraction of sp³-hybridized carbons (Fsp3) is 0.125. The van der Waals surface area contributed by atoms with E-state index in [2.05, 4.69) is 16.0 Å². The Labute approximate surface area is 138 Å². The van der Waals surface area contributed by atoms with Crippen LogP contribution in [0.5, 0.6) is 5.75 Å². The number of hydrogen-bond acceptors (Lipinski definition) is 3. The van der Waals surface area contributed by atoms with Crippen LogP contribution >= 0.6 is 11.6 Å². The molecule has 0 heterocycles. The molecule has 120 valence electrons. The number of ether oxygens (including phenoxy) is 1. The van der Waals surface area contributed by atoms with Crippen LogP contribution in [-0.4, -0.2) is 19.2 Å². The van der Waals surface area contributed by atoms with Gasteiger partial charge in [-0.05, 0) is 36.8 Å². The van der Waals surface area contributed by atoms with Crippen LogP contribution in [0.25, 0.3) is 0 Å². The number of hydrogen-bond donors (Lipinski definition) is 3. The van der Waals surface area contributed by atoms with E-state index in [0.717, 1.165) is 5.56 Å². The van der Waals surface area contributed by atoms with Crippen LogP contribution in [0.2, 0.25) is 5.02 Å². The maximum absolute atomic E-state index is 11.9. The summed E-state index contributed by atoms with van der Waals surface area (Å²) < 4.78 is 5.18. The normalized spacial score (nSPS) is 9.87. The van der Waals surface area contributed by atoms with Gasteiger partial charge in [0.1, 0.15) is 5.75 Å². The van der Waals surface area contributed by atoms with Crippen molar-refractivity contribution in [1.82, 2.24) is 5.32 Å². The van der Waals surface area contributed by atoms with Gasteiger partial charge < -0.3 is 15.4 Å². The number of anilines is 2. The highest BCUT2D eigenvalue weighted by molar-refractivity contribution is 6.31. The van der Waals surface area contributed by atoms with E-state index in [0.29, 0.717) is 22.1 Å². The molecule has 0 saturated heterocycles. The first-order valence-corrected chi connectivity index (χ1v) is 7.19. The van der Waals surface area contributed by atoms with Crippen LogP contribution in [-0.2, 0) is 0 Å². The fourth-order valence-electron chi connectivity index (χ4n) is 1.75. The van der Waals surface area contributed by atoms with Gasteiger partial charge in [0.05, 0.1) is 0 Å². The topological polar surface area (TPSA) is 79.5 Å². The van der Waals surface area contributed by atoms with Crippen molar-refractivity contribution in [2.24, 2.45) is 0 Å². The van der Waals surface area contributed by atoms with Crippen molar-refractivity contribution < 1.29 is 14.3 Å². The third-order valence-electron chi connectivity index (χ3n) is 2.95. The first-order chi connectivity index (χ1) is 11.0. The van der Waals surface area contributed by atoms with E-state index in [1.54, 1.807) is 36.4 Å². The summed E-state index contributed by atoms with van der Waals surface area (Å²) in [6, 6.07) is 11.3. The van der Waals surface area contributed by atoms with Gasteiger partial charge in [0.2, 0.25) is 0 Å². The van der Waals surface area contributed by atoms with Crippen molar-refractivity contribution in [1.29, 1.82) is 0 Å². The summed E-state index contributed by atoms with van der Waals surface area (Å²) in [5, 5.41) is 8.16. The van der Waals surface area contributed by atoms with Crippen molar-refractivity contribution in [2.45, 2.75) is 6.92 Å². The number of carbonyl (C=O) groups is 2. The average Bonchev–Trinajstić information content (AvgIpc) is 2.51. The maximum Gasteiger partial charge on any atom is 0.417 e.